The second-order valence-corrected chi connectivity index (χ2v) is 5.11. The van der Waals surface area contributed by atoms with Crippen molar-refractivity contribution in [3.63, 3.8) is 0 Å². The summed E-state index contributed by atoms with van der Waals surface area (Å²) < 4.78 is 5.33. The van der Waals surface area contributed by atoms with Gasteiger partial charge >= 0.3 is 0 Å². The summed E-state index contributed by atoms with van der Waals surface area (Å²) in [5.74, 6) is 0.412. The Labute approximate surface area is 97.4 Å². The van der Waals surface area contributed by atoms with Crippen LogP contribution >= 0.6 is 0 Å². The lowest BCUT2D eigenvalue weighted by atomic mass is 10.0. The highest BCUT2D eigenvalue weighted by Crippen LogP contribution is 2.18. The second-order valence-electron chi connectivity index (χ2n) is 5.11. The van der Waals surface area contributed by atoms with Crippen LogP contribution in [-0.4, -0.2) is 36.4 Å². The van der Waals surface area contributed by atoms with Gasteiger partial charge in [-0.25, -0.2) is 0 Å². The molecule has 0 radical (unpaired) electrons. The minimum Gasteiger partial charge on any atom is -0.391 e. The molecule has 1 amide bonds. The Kier molecular flexibility index (Phi) is 5.22. The zero-order valence-corrected chi connectivity index (χ0v) is 10.4. The van der Waals surface area contributed by atoms with Crippen LogP contribution in [0, 0.1) is 11.8 Å². The maximum Gasteiger partial charge on any atom is 0.225 e. The number of aliphatic hydroxyl groups is 1. The molecule has 3 atom stereocenters. The van der Waals surface area contributed by atoms with Crippen molar-refractivity contribution in [1.29, 1.82) is 0 Å². The lowest BCUT2D eigenvalue weighted by Crippen LogP contribution is -2.37. The van der Waals surface area contributed by atoms with Gasteiger partial charge in [0.2, 0.25) is 5.91 Å². The molecular formula is C12H23NO3. The quantitative estimate of drug-likeness (QED) is 0.737. The topological polar surface area (TPSA) is 58.6 Å². The molecule has 1 aliphatic heterocycles. The highest BCUT2D eigenvalue weighted by Gasteiger charge is 2.28. The van der Waals surface area contributed by atoms with E-state index in [2.05, 4.69) is 19.2 Å². The molecule has 16 heavy (non-hydrogen) atoms. The van der Waals surface area contributed by atoms with Gasteiger partial charge in [-0.2, -0.15) is 0 Å². The van der Waals surface area contributed by atoms with Crippen LogP contribution in [0.15, 0.2) is 0 Å². The van der Waals surface area contributed by atoms with Gasteiger partial charge in [0.05, 0.1) is 24.7 Å². The number of hydrogen-bond donors (Lipinski definition) is 2. The summed E-state index contributed by atoms with van der Waals surface area (Å²) in [5, 5.41) is 12.4. The molecule has 0 spiro atoms. The summed E-state index contributed by atoms with van der Waals surface area (Å²) in [7, 11) is 0. The van der Waals surface area contributed by atoms with E-state index < -0.39 is 6.10 Å². The van der Waals surface area contributed by atoms with Crippen molar-refractivity contribution < 1.29 is 14.6 Å². The first-order chi connectivity index (χ1) is 7.49. The summed E-state index contributed by atoms with van der Waals surface area (Å²) in [4.78, 5) is 11.7. The zero-order valence-electron chi connectivity index (χ0n) is 10.4. The number of carbonyl (C=O) groups is 1. The molecule has 1 fully saturated rings. The van der Waals surface area contributed by atoms with Crippen molar-refractivity contribution in [1.82, 2.24) is 5.32 Å². The molecule has 0 aromatic carbocycles. The van der Waals surface area contributed by atoms with Crippen LogP contribution in [0.4, 0.5) is 0 Å². The Morgan fingerprint density at radius 2 is 2.25 bits per heavy atom. The first-order valence-electron chi connectivity index (χ1n) is 6.06. The van der Waals surface area contributed by atoms with E-state index in [0.717, 1.165) is 12.8 Å². The smallest absolute Gasteiger partial charge is 0.225 e. The predicted octanol–water partition coefficient (Wildman–Crippen LogP) is 0.935. The molecule has 3 unspecified atom stereocenters. The zero-order chi connectivity index (χ0) is 12.1. The molecule has 2 N–H and O–H groups in total. The SMILES string of the molecule is CC(C)CC(O)CNC(=O)C1COC(C)C1. The lowest BCUT2D eigenvalue weighted by molar-refractivity contribution is -0.125. The molecule has 1 saturated heterocycles. The van der Waals surface area contributed by atoms with Crippen LogP contribution in [0.5, 0.6) is 0 Å². The van der Waals surface area contributed by atoms with E-state index in [-0.39, 0.29) is 17.9 Å². The first kappa shape index (κ1) is 13.5. The maximum atomic E-state index is 11.7. The monoisotopic (exact) mass is 229 g/mol. The van der Waals surface area contributed by atoms with Crippen LogP contribution in [0.2, 0.25) is 0 Å². The fourth-order valence-corrected chi connectivity index (χ4v) is 1.99. The van der Waals surface area contributed by atoms with Crippen molar-refractivity contribution in [2.24, 2.45) is 11.8 Å². The predicted molar refractivity (Wildman–Crippen MR) is 62.0 cm³/mol. The summed E-state index contributed by atoms with van der Waals surface area (Å²) in [6, 6.07) is 0. The van der Waals surface area contributed by atoms with Crippen molar-refractivity contribution in [3.05, 3.63) is 0 Å². The third kappa shape index (κ3) is 4.49. The van der Waals surface area contributed by atoms with Crippen LogP contribution in [0.3, 0.4) is 0 Å². The lowest BCUT2D eigenvalue weighted by Gasteiger charge is -2.15. The van der Waals surface area contributed by atoms with Gasteiger partial charge in [-0.3, -0.25) is 4.79 Å². The summed E-state index contributed by atoms with van der Waals surface area (Å²) in [6.45, 7) is 6.94. The van der Waals surface area contributed by atoms with Gasteiger partial charge in [0.15, 0.2) is 0 Å². The van der Waals surface area contributed by atoms with E-state index in [1.54, 1.807) is 0 Å². The van der Waals surface area contributed by atoms with E-state index in [0.29, 0.717) is 19.1 Å². The van der Waals surface area contributed by atoms with E-state index in [1.165, 1.54) is 0 Å². The number of ether oxygens (including phenoxy) is 1. The first-order valence-corrected chi connectivity index (χ1v) is 6.06. The number of aliphatic hydroxyl groups excluding tert-OH is 1. The Morgan fingerprint density at radius 3 is 2.75 bits per heavy atom. The molecule has 1 aliphatic rings. The average Bonchev–Trinajstić information content (AvgIpc) is 2.60. The normalized spacial score (nSPS) is 27.1. The molecule has 0 bridgehead atoms. The van der Waals surface area contributed by atoms with Crippen LogP contribution in [0.25, 0.3) is 0 Å². The van der Waals surface area contributed by atoms with Crippen LogP contribution < -0.4 is 5.32 Å². The third-order valence-electron chi connectivity index (χ3n) is 2.82. The van der Waals surface area contributed by atoms with Gasteiger partial charge in [0.1, 0.15) is 0 Å². The van der Waals surface area contributed by atoms with Gasteiger partial charge < -0.3 is 15.2 Å². The molecule has 4 nitrogen and oxygen atoms in total. The van der Waals surface area contributed by atoms with Crippen molar-refractivity contribution in [2.45, 2.75) is 45.8 Å². The average molecular weight is 229 g/mol. The molecule has 4 heteroatoms. The maximum absolute atomic E-state index is 11.7. The Balaban J connectivity index is 2.19. The van der Waals surface area contributed by atoms with Crippen LogP contribution in [0.1, 0.15) is 33.6 Å². The molecule has 0 saturated carbocycles. The van der Waals surface area contributed by atoms with Gasteiger partial charge in [0, 0.05) is 6.54 Å². The summed E-state index contributed by atoms with van der Waals surface area (Å²) >= 11 is 0. The van der Waals surface area contributed by atoms with E-state index in [9.17, 15) is 9.90 Å². The summed E-state index contributed by atoms with van der Waals surface area (Å²) in [6.07, 6.45) is 1.24. The molecule has 0 aromatic heterocycles. The van der Waals surface area contributed by atoms with Crippen molar-refractivity contribution in [3.8, 4) is 0 Å². The number of amides is 1. The largest absolute Gasteiger partial charge is 0.391 e. The minimum absolute atomic E-state index is 0.00663. The van der Waals surface area contributed by atoms with E-state index in [4.69, 9.17) is 4.74 Å². The van der Waals surface area contributed by atoms with E-state index >= 15 is 0 Å². The van der Waals surface area contributed by atoms with Crippen molar-refractivity contribution >= 4 is 5.91 Å². The standard InChI is InChI=1S/C12H23NO3/c1-8(2)4-11(14)6-13-12(15)10-5-9(3)16-7-10/h8-11,14H,4-7H2,1-3H3,(H,13,15). The molecule has 0 aromatic rings. The van der Waals surface area contributed by atoms with Gasteiger partial charge in [0.25, 0.3) is 0 Å². The fourth-order valence-electron chi connectivity index (χ4n) is 1.99. The third-order valence-corrected chi connectivity index (χ3v) is 2.82. The molecular weight excluding hydrogens is 206 g/mol. The minimum atomic E-state index is -0.441. The number of carbonyl (C=O) groups excluding carboxylic acids is 1. The fraction of sp³-hybridized carbons (Fsp3) is 0.917. The molecule has 94 valence electrons. The molecule has 1 rings (SSSR count). The Hall–Kier alpha value is -0.610. The number of nitrogens with one attached hydrogen (secondary N) is 1. The number of hydrogen-bond acceptors (Lipinski definition) is 3. The molecule has 0 aliphatic carbocycles. The molecule has 1 heterocycles. The second kappa shape index (κ2) is 6.21. The highest BCUT2D eigenvalue weighted by atomic mass is 16.5. The highest BCUT2D eigenvalue weighted by molar-refractivity contribution is 5.79. The van der Waals surface area contributed by atoms with Gasteiger partial charge in [-0.05, 0) is 25.7 Å². The Morgan fingerprint density at radius 1 is 1.56 bits per heavy atom. The number of rotatable bonds is 5. The van der Waals surface area contributed by atoms with Gasteiger partial charge in [-0.1, -0.05) is 13.8 Å². The van der Waals surface area contributed by atoms with Gasteiger partial charge in [-0.15, -0.1) is 0 Å². The summed E-state index contributed by atoms with van der Waals surface area (Å²) in [5.41, 5.74) is 0. The Bertz CT molecular complexity index is 230. The van der Waals surface area contributed by atoms with Crippen LogP contribution in [-0.2, 0) is 9.53 Å². The van der Waals surface area contributed by atoms with Crippen molar-refractivity contribution in [2.75, 3.05) is 13.2 Å². The van der Waals surface area contributed by atoms with E-state index in [1.807, 2.05) is 6.92 Å².